The van der Waals surface area contributed by atoms with Crippen LogP contribution in [0.15, 0.2) is 62.8 Å². The largest absolute Gasteiger partial charge is 0.486 e. The van der Waals surface area contributed by atoms with Gasteiger partial charge in [0.2, 0.25) is 0 Å². The lowest BCUT2D eigenvalue weighted by atomic mass is 10.2. The molecule has 0 radical (unpaired) electrons. The molecule has 152 valence electrons. The van der Waals surface area contributed by atoms with Gasteiger partial charge in [0.05, 0.1) is 0 Å². The Hall–Kier alpha value is -2.09. The van der Waals surface area contributed by atoms with Crippen LogP contribution in [0.5, 0.6) is 5.75 Å². The fourth-order valence-electron chi connectivity index (χ4n) is 3.34. The molecule has 5 nitrogen and oxygen atoms in total. The number of amides is 1. The molecular weight excluding hydrogens is 452 g/mol. The lowest BCUT2D eigenvalue weighted by Crippen LogP contribution is -2.49. The van der Waals surface area contributed by atoms with Crippen LogP contribution in [0.25, 0.3) is 0 Å². The van der Waals surface area contributed by atoms with Crippen LogP contribution in [-0.4, -0.2) is 48.4 Å². The Kier molecular flexibility index (Phi) is 6.69. The lowest BCUT2D eigenvalue weighted by molar-refractivity contribution is 0.0604. The second-order valence-electron chi connectivity index (χ2n) is 6.98. The minimum Gasteiger partial charge on any atom is -0.486 e. The van der Waals surface area contributed by atoms with Gasteiger partial charge in [-0.3, -0.25) is 9.69 Å². The van der Waals surface area contributed by atoms with Crippen LogP contribution in [0.3, 0.4) is 0 Å². The summed E-state index contributed by atoms with van der Waals surface area (Å²) in [6, 6.07) is 15.5. The predicted octanol–water partition coefficient (Wildman–Crippen LogP) is 4.68. The monoisotopic (exact) mass is 474 g/mol. The topological polar surface area (TPSA) is 45.9 Å². The highest BCUT2D eigenvalue weighted by molar-refractivity contribution is 9.10. The molecule has 0 unspecified atom stereocenters. The highest BCUT2D eigenvalue weighted by Gasteiger charge is 2.24. The van der Waals surface area contributed by atoms with Gasteiger partial charge in [-0.25, -0.2) is 0 Å². The summed E-state index contributed by atoms with van der Waals surface area (Å²) in [5, 5.41) is 2.12. The summed E-state index contributed by atoms with van der Waals surface area (Å²) in [6.07, 6.45) is 1.07. The van der Waals surface area contributed by atoms with E-state index >= 15 is 0 Å². The second-order valence-corrected chi connectivity index (χ2v) is 8.92. The molecule has 1 aromatic carbocycles. The first-order valence-electron chi connectivity index (χ1n) is 9.68. The van der Waals surface area contributed by atoms with Crippen molar-refractivity contribution in [1.82, 2.24) is 9.80 Å². The summed E-state index contributed by atoms with van der Waals surface area (Å²) in [5.41, 5.74) is 0. The van der Waals surface area contributed by atoms with Crippen molar-refractivity contribution in [3.63, 3.8) is 0 Å². The van der Waals surface area contributed by atoms with Gasteiger partial charge in [-0.2, -0.15) is 0 Å². The summed E-state index contributed by atoms with van der Waals surface area (Å²) in [5.74, 6) is 1.73. The molecule has 3 aromatic rings. The summed E-state index contributed by atoms with van der Waals surface area (Å²) in [6.45, 7) is 4.59. The molecule has 1 saturated heterocycles. The minimum atomic E-state index is -0.0448. The number of carbonyl (C=O) groups excluding carboxylic acids is 1. The molecule has 0 atom stereocenters. The number of hydrogen-bond acceptors (Lipinski definition) is 5. The molecule has 1 aliphatic heterocycles. The summed E-state index contributed by atoms with van der Waals surface area (Å²) < 4.78 is 12.4. The smallest absolute Gasteiger partial charge is 0.289 e. The molecule has 2 aromatic heterocycles. The van der Waals surface area contributed by atoms with Gasteiger partial charge in [0.15, 0.2) is 5.76 Å². The van der Waals surface area contributed by atoms with Crippen LogP contribution < -0.4 is 4.74 Å². The average molecular weight is 475 g/mol. The number of nitrogens with zero attached hydrogens (tertiary/aromatic N) is 2. The summed E-state index contributed by atoms with van der Waals surface area (Å²) >= 11 is 5.23. The molecule has 0 spiro atoms. The maximum atomic E-state index is 12.8. The van der Waals surface area contributed by atoms with E-state index in [-0.39, 0.29) is 5.91 Å². The molecule has 3 heterocycles. The van der Waals surface area contributed by atoms with E-state index in [9.17, 15) is 4.79 Å². The zero-order valence-corrected chi connectivity index (χ0v) is 18.5. The van der Waals surface area contributed by atoms with Crippen molar-refractivity contribution in [2.75, 3.05) is 32.7 Å². The van der Waals surface area contributed by atoms with E-state index in [2.05, 4.69) is 38.3 Å². The highest BCUT2D eigenvalue weighted by atomic mass is 79.9. The van der Waals surface area contributed by atoms with E-state index in [4.69, 9.17) is 9.15 Å². The second kappa shape index (κ2) is 9.61. The van der Waals surface area contributed by atoms with Gasteiger partial charge >= 0.3 is 0 Å². The van der Waals surface area contributed by atoms with Gasteiger partial charge in [0, 0.05) is 42.1 Å². The average Bonchev–Trinajstić information content (AvgIpc) is 3.43. The molecular formula is C22H23BrN2O3S. The Morgan fingerprint density at radius 3 is 2.72 bits per heavy atom. The number of thiophene rings is 1. The highest BCUT2D eigenvalue weighted by Crippen LogP contribution is 2.20. The molecule has 0 bridgehead atoms. The van der Waals surface area contributed by atoms with Crippen molar-refractivity contribution in [2.24, 2.45) is 0 Å². The quantitative estimate of drug-likeness (QED) is 0.498. The van der Waals surface area contributed by atoms with Crippen LogP contribution in [-0.2, 0) is 13.0 Å². The number of rotatable bonds is 7. The van der Waals surface area contributed by atoms with E-state index in [1.54, 1.807) is 17.4 Å². The Labute approximate surface area is 183 Å². The van der Waals surface area contributed by atoms with Crippen molar-refractivity contribution >= 4 is 33.2 Å². The van der Waals surface area contributed by atoms with Crippen LogP contribution in [0.4, 0.5) is 0 Å². The van der Waals surface area contributed by atoms with Gasteiger partial charge in [0.25, 0.3) is 5.91 Å². The molecule has 4 rings (SSSR count). The van der Waals surface area contributed by atoms with E-state index in [1.807, 2.05) is 35.2 Å². The maximum Gasteiger partial charge on any atom is 0.289 e. The lowest BCUT2D eigenvalue weighted by Gasteiger charge is -2.34. The standard InChI is InChI=1S/C22H23BrN2O3S/c23-17-3-1-4-18(15-17)27-16-19-6-7-21(28-19)22(26)25-12-10-24(11-13-25)9-8-20-5-2-14-29-20/h1-7,14-15H,8-13,16H2. The molecule has 29 heavy (non-hydrogen) atoms. The summed E-state index contributed by atoms with van der Waals surface area (Å²) in [4.78, 5) is 18.5. The fourth-order valence-corrected chi connectivity index (χ4v) is 4.41. The van der Waals surface area contributed by atoms with Gasteiger partial charge < -0.3 is 14.1 Å². The molecule has 0 N–H and O–H groups in total. The van der Waals surface area contributed by atoms with E-state index in [1.165, 1.54) is 4.88 Å². The normalized spacial score (nSPS) is 14.9. The molecule has 1 fully saturated rings. The van der Waals surface area contributed by atoms with Crippen LogP contribution >= 0.6 is 27.3 Å². The van der Waals surface area contributed by atoms with Gasteiger partial charge in [-0.1, -0.05) is 28.1 Å². The van der Waals surface area contributed by atoms with Crippen molar-refractivity contribution in [1.29, 1.82) is 0 Å². The maximum absolute atomic E-state index is 12.8. The Bertz CT molecular complexity index is 933. The van der Waals surface area contributed by atoms with Crippen LogP contribution in [0.1, 0.15) is 21.2 Å². The van der Waals surface area contributed by atoms with Crippen molar-refractivity contribution in [2.45, 2.75) is 13.0 Å². The first-order valence-corrected chi connectivity index (χ1v) is 11.4. The van der Waals surface area contributed by atoms with Gasteiger partial charge in [0.1, 0.15) is 18.1 Å². The first kappa shape index (κ1) is 20.2. The van der Waals surface area contributed by atoms with Crippen molar-refractivity contribution in [3.05, 3.63) is 74.8 Å². The van der Waals surface area contributed by atoms with Crippen molar-refractivity contribution < 1.29 is 13.9 Å². The zero-order valence-electron chi connectivity index (χ0n) is 16.1. The number of piperazine rings is 1. The summed E-state index contributed by atoms with van der Waals surface area (Å²) in [7, 11) is 0. The molecule has 7 heteroatoms. The molecule has 0 saturated carbocycles. The predicted molar refractivity (Wildman–Crippen MR) is 118 cm³/mol. The van der Waals surface area contributed by atoms with Gasteiger partial charge in [-0.15, -0.1) is 11.3 Å². The number of halogens is 1. The SMILES string of the molecule is O=C(c1ccc(COc2cccc(Br)c2)o1)N1CCN(CCc2cccs2)CC1. The molecule has 1 amide bonds. The van der Waals surface area contributed by atoms with Gasteiger partial charge in [-0.05, 0) is 48.2 Å². The third-order valence-corrected chi connectivity index (χ3v) is 6.39. The fraction of sp³-hybridized carbons (Fsp3) is 0.318. The van der Waals surface area contributed by atoms with Crippen LogP contribution in [0, 0.1) is 0 Å². The Morgan fingerprint density at radius 2 is 1.97 bits per heavy atom. The zero-order chi connectivity index (χ0) is 20.1. The first-order chi connectivity index (χ1) is 14.2. The van der Waals surface area contributed by atoms with E-state index in [0.717, 1.165) is 49.4 Å². The Morgan fingerprint density at radius 1 is 1.10 bits per heavy atom. The Balaban J connectivity index is 1.25. The number of hydrogen-bond donors (Lipinski definition) is 0. The number of furan rings is 1. The number of ether oxygens (including phenoxy) is 1. The van der Waals surface area contributed by atoms with Crippen molar-refractivity contribution in [3.8, 4) is 5.75 Å². The third kappa shape index (κ3) is 5.50. The third-order valence-electron chi connectivity index (χ3n) is 4.96. The van der Waals surface area contributed by atoms with E-state index < -0.39 is 0 Å². The number of benzene rings is 1. The minimum absolute atomic E-state index is 0.0448. The molecule has 1 aliphatic rings. The van der Waals surface area contributed by atoms with E-state index in [0.29, 0.717) is 18.1 Å². The number of carbonyl (C=O) groups is 1. The van der Waals surface area contributed by atoms with Crippen LogP contribution in [0.2, 0.25) is 0 Å². The molecule has 0 aliphatic carbocycles.